The molecule has 0 aliphatic rings. The number of benzene rings is 1. The summed E-state index contributed by atoms with van der Waals surface area (Å²) >= 11 is 0. The van der Waals surface area contributed by atoms with Crippen LogP contribution in [0.2, 0.25) is 0 Å². The fraction of sp³-hybridized carbons (Fsp3) is 0.353. The van der Waals surface area contributed by atoms with Crippen molar-refractivity contribution in [1.29, 1.82) is 0 Å². The maximum absolute atomic E-state index is 12.1. The van der Waals surface area contributed by atoms with Gasteiger partial charge in [0.15, 0.2) is 0 Å². The van der Waals surface area contributed by atoms with Gasteiger partial charge in [-0.3, -0.25) is 9.59 Å². The number of carboxylic acids is 1. The number of hydrogen-bond acceptors (Lipinski definition) is 4. The van der Waals surface area contributed by atoms with Crippen LogP contribution >= 0.6 is 0 Å². The summed E-state index contributed by atoms with van der Waals surface area (Å²) < 4.78 is 5.04. The zero-order chi connectivity index (χ0) is 17.0. The van der Waals surface area contributed by atoms with E-state index in [0.717, 1.165) is 16.8 Å². The molecule has 122 valence electrons. The van der Waals surface area contributed by atoms with Gasteiger partial charge in [-0.2, -0.15) is 0 Å². The summed E-state index contributed by atoms with van der Waals surface area (Å²) in [7, 11) is 0. The van der Waals surface area contributed by atoms with Crippen molar-refractivity contribution in [3.05, 3.63) is 46.8 Å². The summed E-state index contributed by atoms with van der Waals surface area (Å²) in [5.74, 6) is -0.751. The average molecular weight is 316 g/mol. The monoisotopic (exact) mass is 316 g/mol. The molecular formula is C17H20N2O4. The van der Waals surface area contributed by atoms with Gasteiger partial charge >= 0.3 is 5.97 Å². The van der Waals surface area contributed by atoms with Crippen LogP contribution in [0.4, 0.5) is 5.69 Å². The van der Waals surface area contributed by atoms with Crippen LogP contribution < -0.4 is 5.32 Å². The number of nitrogens with one attached hydrogen (secondary N) is 1. The third-order valence-corrected chi connectivity index (χ3v) is 3.72. The minimum atomic E-state index is -0.818. The second kappa shape index (κ2) is 7.09. The van der Waals surface area contributed by atoms with E-state index in [1.54, 1.807) is 32.9 Å². The van der Waals surface area contributed by atoms with Crippen molar-refractivity contribution in [3.8, 4) is 0 Å². The Morgan fingerprint density at radius 2 is 1.91 bits per heavy atom. The summed E-state index contributed by atoms with van der Waals surface area (Å²) in [6, 6.07) is 7.19. The van der Waals surface area contributed by atoms with Gasteiger partial charge in [-0.25, -0.2) is 0 Å². The number of carbonyl (C=O) groups excluding carboxylic acids is 1. The molecule has 6 heteroatoms. The lowest BCUT2D eigenvalue weighted by Gasteiger charge is -2.08. The zero-order valence-electron chi connectivity index (χ0n) is 13.4. The highest BCUT2D eigenvalue weighted by Crippen LogP contribution is 2.16. The van der Waals surface area contributed by atoms with Gasteiger partial charge in [-0.15, -0.1) is 0 Å². The number of nitrogens with zero attached hydrogens (tertiary/aromatic N) is 1. The molecule has 6 nitrogen and oxygen atoms in total. The molecular weight excluding hydrogens is 296 g/mol. The molecule has 1 amide bonds. The molecule has 0 unspecified atom stereocenters. The standard InChI is InChI=1S/C17H20N2O4/c1-10(17(21)22)8-13-4-6-14(7-5-13)18-16(20)9-15-11(2)19-23-12(15)3/h4-7,10H,8-9H2,1-3H3,(H,18,20)(H,21,22)/t10-/m1/s1. The highest BCUT2D eigenvalue weighted by molar-refractivity contribution is 5.92. The van der Waals surface area contributed by atoms with E-state index in [1.807, 2.05) is 12.1 Å². The van der Waals surface area contributed by atoms with E-state index < -0.39 is 11.9 Å². The van der Waals surface area contributed by atoms with Gasteiger partial charge < -0.3 is 14.9 Å². The number of hydrogen-bond donors (Lipinski definition) is 2. The highest BCUT2D eigenvalue weighted by atomic mass is 16.5. The lowest BCUT2D eigenvalue weighted by Crippen LogP contribution is -2.15. The number of rotatable bonds is 6. The topological polar surface area (TPSA) is 92.4 Å². The second-order valence-electron chi connectivity index (χ2n) is 5.67. The minimum Gasteiger partial charge on any atom is -0.481 e. The number of aromatic nitrogens is 1. The molecule has 23 heavy (non-hydrogen) atoms. The second-order valence-corrected chi connectivity index (χ2v) is 5.67. The molecule has 1 aromatic heterocycles. The van der Waals surface area contributed by atoms with Gasteiger partial charge in [0.25, 0.3) is 0 Å². The van der Waals surface area contributed by atoms with Crippen LogP contribution in [-0.4, -0.2) is 22.1 Å². The third-order valence-electron chi connectivity index (χ3n) is 3.72. The van der Waals surface area contributed by atoms with Crippen LogP contribution in [0.5, 0.6) is 0 Å². The summed E-state index contributed by atoms with van der Waals surface area (Å²) in [4.78, 5) is 22.9. The normalized spacial score (nSPS) is 12.0. The van der Waals surface area contributed by atoms with Crippen LogP contribution in [0.25, 0.3) is 0 Å². The van der Waals surface area contributed by atoms with E-state index >= 15 is 0 Å². The summed E-state index contributed by atoms with van der Waals surface area (Å²) in [5.41, 5.74) is 3.11. The first kappa shape index (κ1) is 16.7. The molecule has 2 aromatic rings. The van der Waals surface area contributed by atoms with Gasteiger partial charge in [0.1, 0.15) is 5.76 Å². The fourth-order valence-electron chi connectivity index (χ4n) is 2.29. The Kier molecular flexibility index (Phi) is 5.16. The highest BCUT2D eigenvalue weighted by Gasteiger charge is 2.14. The summed E-state index contributed by atoms with van der Waals surface area (Å²) in [5, 5.41) is 15.6. The molecule has 1 atom stereocenters. The number of anilines is 1. The molecule has 0 spiro atoms. The van der Waals surface area contributed by atoms with E-state index in [2.05, 4.69) is 10.5 Å². The minimum absolute atomic E-state index is 0.147. The molecule has 0 radical (unpaired) electrons. The van der Waals surface area contributed by atoms with E-state index in [0.29, 0.717) is 17.9 Å². The number of aryl methyl sites for hydroxylation is 2. The van der Waals surface area contributed by atoms with Gasteiger partial charge in [0, 0.05) is 11.3 Å². The van der Waals surface area contributed by atoms with Crippen molar-refractivity contribution in [2.24, 2.45) is 5.92 Å². The fourth-order valence-corrected chi connectivity index (χ4v) is 2.29. The van der Waals surface area contributed by atoms with Crippen LogP contribution in [0, 0.1) is 19.8 Å². The van der Waals surface area contributed by atoms with E-state index in [-0.39, 0.29) is 12.3 Å². The molecule has 0 bridgehead atoms. The third kappa shape index (κ3) is 4.42. The van der Waals surface area contributed by atoms with E-state index in [9.17, 15) is 9.59 Å². The van der Waals surface area contributed by atoms with Gasteiger partial charge in [-0.05, 0) is 38.0 Å². The van der Waals surface area contributed by atoms with Crippen molar-refractivity contribution < 1.29 is 19.2 Å². The number of amides is 1. The van der Waals surface area contributed by atoms with Crippen molar-refractivity contribution >= 4 is 17.6 Å². The van der Waals surface area contributed by atoms with Gasteiger partial charge in [0.05, 0.1) is 18.0 Å². The van der Waals surface area contributed by atoms with Crippen LogP contribution in [0.1, 0.15) is 29.5 Å². The predicted octanol–water partition coefficient (Wildman–Crippen LogP) is 2.74. The molecule has 1 heterocycles. The van der Waals surface area contributed by atoms with E-state index in [1.165, 1.54) is 0 Å². The average Bonchev–Trinajstić information content (AvgIpc) is 2.81. The Morgan fingerprint density at radius 3 is 2.43 bits per heavy atom. The van der Waals surface area contributed by atoms with Gasteiger partial charge in [0.2, 0.25) is 5.91 Å². The summed E-state index contributed by atoms with van der Waals surface area (Å²) in [6.07, 6.45) is 0.668. The Bertz CT molecular complexity index is 684. The van der Waals surface area contributed by atoms with Crippen LogP contribution in [0.3, 0.4) is 0 Å². The first-order valence-corrected chi connectivity index (χ1v) is 7.40. The first-order valence-electron chi connectivity index (χ1n) is 7.40. The van der Waals surface area contributed by atoms with Crippen molar-refractivity contribution in [3.63, 3.8) is 0 Å². The lowest BCUT2D eigenvalue weighted by molar-refractivity contribution is -0.141. The predicted molar refractivity (Wildman–Crippen MR) is 85.3 cm³/mol. The Morgan fingerprint density at radius 1 is 1.26 bits per heavy atom. The molecule has 0 saturated heterocycles. The maximum atomic E-state index is 12.1. The molecule has 0 fully saturated rings. The number of carbonyl (C=O) groups is 2. The molecule has 1 aromatic carbocycles. The smallest absolute Gasteiger partial charge is 0.306 e. The SMILES string of the molecule is Cc1noc(C)c1CC(=O)Nc1ccc(C[C@@H](C)C(=O)O)cc1. The molecule has 2 rings (SSSR count). The Balaban J connectivity index is 1.95. The molecule has 0 aliphatic heterocycles. The van der Waals surface area contributed by atoms with Gasteiger partial charge in [-0.1, -0.05) is 24.2 Å². The molecule has 0 aliphatic carbocycles. The molecule has 2 N–H and O–H groups in total. The van der Waals surface area contributed by atoms with Crippen molar-refractivity contribution in [1.82, 2.24) is 5.16 Å². The van der Waals surface area contributed by atoms with Crippen molar-refractivity contribution in [2.45, 2.75) is 33.6 Å². The zero-order valence-corrected chi connectivity index (χ0v) is 13.4. The van der Waals surface area contributed by atoms with Crippen LogP contribution in [-0.2, 0) is 22.4 Å². The summed E-state index contributed by atoms with van der Waals surface area (Å²) in [6.45, 7) is 5.25. The maximum Gasteiger partial charge on any atom is 0.306 e. The van der Waals surface area contributed by atoms with Crippen LogP contribution in [0.15, 0.2) is 28.8 Å². The Labute approximate surface area is 134 Å². The molecule has 0 saturated carbocycles. The lowest BCUT2D eigenvalue weighted by atomic mass is 10.0. The van der Waals surface area contributed by atoms with Crippen molar-refractivity contribution in [2.75, 3.05) is 5.32 Å². The number of aliphatic carboxylic acids is 1. The quantitative estimate of drug-likeness (QED) is 0.855. The largest absolute Gasteiger partial charge is 0.481 e. The number of carboxylic acid groups (broad SMARTS) is 1. The van der Waals surface area contributed by atoms with E-state index in [4.69, 9.17) is 9.63 Å². The first-order chi connectivity index (χ1) is 10.9. The Hall–Kier alpha value is -2.63.